The Morgan fingerprint density at radius 3 is 2.29 bits per heavy atom. The molecule has 0 saturated carbocycles. The molecule has 0 aliphatic carbocycles. The molecule has 3 nitrogen and oxygen atoms in total. The Kier molecular flexibility index (Phi) is 3.92. The summed E-state index contributed by atoms with van der Waals surface area (Å²) >= 11 is 10.9. The lowest BCUT2D eigenvalue weighted by Gasteiger charge is -2.01. The second-order valence-electron chi connectivity index (χ2n) is 2.52. The minimum Gasteiger partial charge on any atom is -0.291 e. The van der Waals surface area contributed by atoms with Gasteiger partial charge in [-0.1, -0.05) is 11.6 Å². The lowest BCUT2D eigenvalue weighted by Crippen LogP contribution is -2.31. The van der Waals surface area contributed by atoms with Crippen LogP contribution in [-0.2, 0) is 4.79 Å². The van der Waals surface area contributed by atoms with Crippen LogP contribution in [0.4, 0.5) is 0 Å². The first-order valence-electron chi connectivity index (χ1n) is 3.79. The van der Waals surface area contributed by atoms with E-state index in [9.17, 15) is 9.59 Å². The van der Waals surface area contributed by atoms with E-state index >= 15 is 0 Å². The molecular weight excluding hydrogens is 225 g/mol. The Morgan fingerprint density at radius 1 is 1.21 bits per heavy atom. The first kappa shape index (κ1) is 11.0. The topological polar surface area (TPSA) is 46.2 Å². The van der Waals surface area contributed by atoms with Gasteiger partial charge in [0, 0.05) is 10.6 Å². The molecule has 0 spiro atoms. The maximum Gasteiger partial charge on any atom is 0.257 e. The van der Waals surface area contributed by atoms with Crippen LogP contribution in [0.1, 0.15) is 10.4 Å². The molecule has 74 valence electrons. The summed E-state index contributed by atoms with van der Waals surface area (Å²) in [4.78, 5) is 22.1. The molecule has 1 rings (SSSR count). The van der Waals surface area contributed by atoms with Gasteiger partial charge in [0.25, 0.3) is 5.91 Å². The van der Waals surface area contributed by atoms with Gasteiger partial charge in [-0.3, -0.25) is 14.9 Å². The molecule has 0 saturated heterocycles. The van der Waals surface area contributed by atoms with Gasteiger partial charge in [0.05, 0.1) is 0 Å². The Bertz CT molecular complexity index is 348. The molecule has 0 aliphatic heterocycles. The fourth-order valence-electron chi connectivity index (χ4n) is 0.833. The van der Waals surface area contributed by atoms with Crippen LogP contribution in [0.5, 0.6) is 0 Å². The number of carbonyl (C=O) groups is 2. The van der Waals surface area contributed by atoms with Crippen LogP contribution in [0.3, 0.4) is 0 Å². The molecular formula is C9H7Cl2NO2. The van der Waals surface area contributed by atoms with Crippen molar-refractivity contribution in [2.45, 2.75) is 0 Å². The number of imide groups is 1. The zero-order valence-electron chi connectivity index (χ0n) is 7.09. The van der Waals surface area contributed by atoms with Crippen molar-refractivity contribution < 1.29 is 9.59 Å². The molecule has 0 atom stereocenters. The molecule has 5 heteroatoms. The van der Waals surface area contributed by atoms with Gasteiger partial charge in [-0.05, 0) is 24.3 Å². The van der Waals surface area contributed by atoms with E-state index in [0.717, 1.165) is 0 Å². The van der Waals surface area contributed by atoms with Crippen molar-refractivity contribution in [3.05, 3.63) is 34.9 Å². The van der Waals surface area contributed by atoms with Crippen LogP contribution < -0.4 is 5.32 Å². The number of alkyl halides is 1. The predicted molar refractivity (Wildman–Crippen MR) is 54.6 cm³/mol. The zero-order valence-corrected chi connectivity index (χ0v) is 8.60. The SMILES string of the molecule is O=C(CCl)NC(=O)c1ccc(Cl)cc1. The fraction of sp³-hybridized carbons (Fsp3) is 0.111. The maximum absolute atomic E-state index is 11.3. The quantitative estimate of drug-likeness (QED) is 0.790. The number of hydrogen-bond acceptors (Lipinski definition) is 2. The number of benzene rings is 1. The highest BCUT2D eigenvalue weighted by Gasteiger charge is 2.08. The number of hydrogen-bond donors (Lipinski definition) is 1. The number of rotatable bonds is 2. The van der Waals surface area contributed by atoms with Crippen LogP contribution >= 0.6 is 23.2 Å². The number of nitrogens with one attached hydrogen (secondary N) is 1. The molecule has 0 unspecified atom stereocenters. The normalized spacial score (nSPS) is 9.57. The van der Waals surface area contributed by atoms with Gasteiger partial charge < -0.3 is 0 Å². The maximum atomic E-state index is 11.3. The van der Waals surface area contributed by atoms with E-state index in [2.05, 4.69) is 5.32 Å². The van der Waals surface area contributed by atoms with Crippen LogP contribution in [0, 0.1) is 0 Å². The van der Waals surface area contributed by atoms with Gasteiger partial charge >= 0.3 is 0 Å². The third kappa shape index (κ3) is 3.01. The molecule has 0 bridgehead atoms. The predicted octanol–water partition coefficient (Wildman–Crippen LogP) is 1.84. The first-order valence-corrected chi connectivity index (χ1v) is 4.70. The second kappa shape index (κ2) is 4.98. The molecule has 1 aromatic carbocycles. The van der Waals surface area contributed by atoms with E-state index in [1.54, 1.807) is 12.1 Å². The van der Waals surface area contributed by atoms with Crippen molar-refractivity contribution in [3.63, 3.8) is 0 Å². The molecule has 0 aliphatic rings. The highest BCUT2D eigenvalue weighted by molar-refractivity contribution is 6.31. The first-order chi connectivity index (χ1) is 6.63. The monoisotopic (exact) mass is 231 g/mol. The summed E-state index contributed by atoms with van der Waals surface area (Å²) in [6.07, 6.45) is 0. The minimum absolute atomic E-state index is 0.237. The number of amides is 2. The Labute approximate surface area is 91.0 Å². The van der Waals surface area contributed by atoms with Crippen molar-refractivity contribution in [3.8, 4) is 0 Å². The third-order valence-electron chi connectivity index (χ3n) is 1.48. The Hall–Kier alpha value is -1.06. The molecule has 0 fully saturated rings. The van der Waals surface area contributed by atoms with Crippen LogP contribution in [-0.4, -0.2) is 17.7 Å². The highest BCUT2D eigenvalue weighted by Crippen LogP contribution is 2.09. The van der Waals surface area contributed by atoms with Crippen molar-refractivity contribution in [1.29, 1.82) is 0 Å². The van der Waals surface area contributed by atoms with E-state index in [0.29, 0.717) is 10.6 Å². The average molecular weight is 232 g/mol. The van der Waals surface area contributed by atoms with Crippen molar-refractivity contribution in [2.24, 2.45) is 0 Å². The lowest BCUT2D eigenvalue weighted by atomic mass is 10.2. The van der Waals surface area contributed by atoms with Gasteiger partial charge in [-0.25, -0.2) is 0 Å². The van der Waals surface area contributed by atoms with Crippen LogP contribution in [0.25, 0.3) is 0 Å². The van der Waals surface area contributed by atoms with Gasteiger partial charge in [-0.2, -0.15) is 0 Å². The zero-order chi connectivity index (χ0) is 10.6. The van der Waals surface area contributed by atoms with E-state index < -0.39 is 11.8 Å². The molecule has 14 heavy (non-hydrogen) atoms. The van der Waals surface area contributed by atoms with Gasteiger partial charge in [0.15, 0.2) is 0 Å². The Morgan fingerprint density at radius 2 is 1.79 bits per heavy atom. The smallest absolute Gasteiger partial charge is 0.257 e. The summed E-state index contributed by atoms with van der Waals surface area (Å²) in [7, 11) is 0. The standard InChI is InChI=1S/C9H7Cl2NO2/c10-5-8(13)12-9(14)6-1-3-7(11)4-2-6/h1-4H,5H2,(H,12,13,14). The van der Waals surface area contributed by atoms with Crippen LogP contribution in [0.2, 0.25) is 5.02 Å². The summed E-state index contributed by atoms with van der Waals surface area (Å²) < 4.78 is 0. The van der Waals surface area contributed by atoms with Gasteiger partial charge in [0.1, 0.15) is 5.88 Å². The Balaban J connectivity index is 2.70. The average Bonchev–Trinajstić information content (AvgIpc) is 2.18. The van der Waals surface area contributed by atoms with Gasteiger partial charge in [-0.15, -0.1) is 11.6 Å². The summed E-state index contributed by atoms with van der Waals surface area (Å²) in [5.74, 6) is -1.24. The summed E-state index contributed by atoms with van der Waals surface area (Å²) in [6, 6.07) is 6.20. The molecule has 0 aromatic heterocycles. The second-order valence-corrected chi connectivity index (χ2v) is 3.22. The number of carbonyl (C=O) groups excluding carboxylic acids is 2. The lowest BCUT2D eigenvalue weighted by molar-refractivity contribution is -0.117. The van der Waals surface area contributed by atoms with E-state index in [1.165, 1.54) is 12.1 Å². The fourth-order valence-corrected chi connectivity index (χ4v) is 1.03. The summed E-state index contributed by atoms with van der Waals surface area (Å²) in [5, 5.41) is 2.65. The minimum atomic E-state index is -0.522. The summed E-state index contributed by atoms with van der Waals surface area (Å²) in [5.41, 5.74) is 0.368. The molecule has 2 amide bonds. The number of halogens is 2. The largest absolute Gasteiger partial charge is 0.291 e. The van der Waals surface area contributed by atoms with E-state index in [1.807, 2.05) is 0 Å². The van der Waals surface area contributed by atoms with E-state index in [4.69, 9.17) is 23.2 Å². The highest BCUT2D eigenvalue weighted by atomic mass is 35.5. The van der Waals surface area contributed by atoms with E-state index in [-0.39, 0.29) is 5.88 Å². The van der Waals surface area contributed by atoms with Crippen molar-refractivity contribution in [1.82, 2.24) is 5.32 Å². The van der Waals surface area contributed by atoms with Crippen molar-refractivity contribution >= 4 is 35.0 Å². The third-order valence-corrected chi connectivity index (χ3v) is 1.98. The molecule has 1 N–H and O–H groups in total. The summed E-state index contributed by atoms with van der Waals surface area (Å²) in [6.45, 7) is 0. The molecule has 0 radical (unpaired) electrons. The van der Waals surface area contributed by atoms with Gasteiger partial charge in [0.2, 0.25) is 5.91 Å². The van der Waals surface area contributed by atoms with Crippen molar-refractivity contribution in [2.75, 3.05) is 5.88 Å². The van der Waals surface area contributed by atoms with Crippen LogP contribution in [0.15, 0.2) is 24.3 Å². The molecule has 0 heterocycles. The molecule has 1 aromatic rings.